The van der Waals surface area contributed by atoms with Gasteiger partial charge in [-0.2, -0.15) is 0 Å². The van der Waals surface area contributed by atoms with Gasteiger partial charge in [0.05, 0.1) is 5.60 Å². The Morgan fingerprint density at radius 1 is 1.52 bits per heavy atom. The SMILES string of the molecule is CNC(=O)NCCC[C@@](O)(c1cccc(Cl)c1)[C@@H]1CCCNC1. The molecule has 1 aromatic carbocycles. The molecule has 0 saturated carbocycles. The predicted octanol–water partition coefficient (Wildman–Crippen LogP) is 2.24. The summed E-state index contributed by atoms with van der Waals surface area (Å²) < 4.78 is 0. The molecule has 23 heavy (non-hydrogen) atoms. The molecule has 2 amide bonds. The molecule has 1 fully saturated rings. The number of hydrogen-bond donors (Lipinski definition) is 4. The van der Waals surface area contributed by atoms with Crippen molar-refractivity contribution in [1.29, 1.82) is 0 Å². The molecular formula is C17H26ClN3O2. The van der Waals surface area contributed by atoms with E-state index < -0.39 is 5.60 Å². The molecule has 0 unspecified atom stereocenters. The largest absolute Gasteiger partial charge is 0.385 e. The Balaban J connectivity index is 2.09. The van der Waals surface area contributed by atoms with Gasteiger partial charge in [-0.25, -0.2) is 4.79 Å². The van der Waals surface area contributed by atoms with Crippen molar-refractivity contribution < 1.29 is 9.90 Å². The monoisotopic (exact) mass is 339 g/mol. The minimum absolute atomic E-state index is 0.148. The zero-order valence-electron chi connectivity index (χ0n) is 13.6. The summed E-state index contributed by atoms with van der Waals surface area (Å²) in [5.41, 5.74) is -0.0680. The van der Waals surface area contributed by atoms with Crippen LogP contribution in [0.5, 0.6) is 0 Å². The first-order chi connectivity index (χ1) is 11.1. The summed E-state index contributed by atoms with van der Waals surface area (Å²) in [4.78, 5) is 11.2. The first kappa shape index (κ1) is 18.0. The fraction of sp³-hybridized carbons (Fsp3) is 0.588. The first-order valence-corrected chi connectivity index (χ1v) is 8.59. The maximum Gasteiger partial charge on any atom is 0.314 e. The van der Waals surface area contributed by atoms with Gasteiger partial charge in [-0.3, -0.25) is 0 Å². The number of nitrogens with one attached hydrogen (secondary N) is 3. The average Bonchev–Trinajstić information content (AvgIpc) is 2.59. The predicted molar refractivity (Wildman–Crippen MR) is 92.6 cm³/mol. The summed E-state index contributed by atoms with van der Waals surface area (Å²) in [6.07, 6.45) is 3.33. The number of benzene rings is 1. The highest BCUT2D eigenvalue weighted by atomic mass is 35.5. The van der Waals surface area contributed by atoms with E-state index in [-0.39, 0.29) is 11.9 Å². The van der Waals surface area contributed by atoms with Gasteiger partial charge in [0.2, 0.25) is 0 Å². The second-order valence-corrected chi connectivity index (χ2v) is 6.52. The topological polar surface area (TPSA) is 73.4 Å². The second-order valence-electron chi connectivity index (χ2n) is 6.09. The lowest BCUT2D eigenvalue weighted by Gasteiger charge is -2.39. The van der Waals surface area contributed by atoms with Crippen LogP contribution >= 0.6 is 11.6 Å². The number of hydrogen-bond acceptors (Lipinski definition) is 3. The number of carbonyl (C=O) groups excluding carboxylic acids is 1. The molecule has 0 aromatic heterocycles. The van der Waals surface area contributed by atoms with Crippen molar-refractivity contribution in [3.05, 3.63) is 34.9 Å². The van der Waals surface area contributed by atoms with E-state index in [1.807, 2.05) is 24.3 Å². The molecule has 1 heterocycles. The van der Waals surface area contributed by atoms with Crippen LogP contribution in [0, 0.1) is 5.92 Å². The maximum absolute atomic E-state index is 11.4. The van der Waals surface area contributed by atoms with E-state index in [4.69, 9.17) is 11.6 Å². The van der Waals surface area contributed by atoms with Crippen LogP contribution in [-0.2, 0) is 5.60 Å². The van der Waals surface area contributed by atoms with Crippen LogP contribution in [0.1, 0.15) is 31.2 Å². The standard InChI is InChI=1S/C17H26ClN3O2/c1-19-16(22)21-10-4-8-17(23,14-6-3-9-20-12-14)13-5-2-7-15(18)11-13/h2,5,7,11,14,20,23H,3-4,6,8-10,12H2,1H3,(H2,19,21,22)/t14-,17-/m1/s1. The van der Waals surface area contributed by atoms with Gasteiger partial charge in [0.25, 0.3) is 0 Å². The van der Waals surface area contributed by atoms with Crippen LogP contribution in [0.2, 0.25) is 5.02 Å². The van der Waals surface area contributed by atoms with Crippen LogP contribution in [0.4, 0.5) is 4.79 Å². The molecule has 1 aliphatic heterocycles. The van der Waals surface area contributed by atoms with Gasteiger partial charge in [0.15, 0.2) is 0 Å². The molecule has 0 radical (unpaired) electrons. The van der Waals surface area contributed by atoms with Crippen LogP contribution in [-0.4, -0.2) is 37.8 Å². The number of piperidine rings is 1. The number of rotatable bonds is 6. The van der Waals surface area contributed by atoms with Gasteiger partial charge in [-0.1, -0.05) is 23.7 Å². The molecule has 0 bridgehead atoms. The van der Waals surface area contributed by atoms with Gasteiger partial charge in [-0.15, -0.1) is 0 Å². The van der Waals surface area contributed by atoms with Crippen LogP contribution in [0.25, 0.3) is 0 Å². The molecule has 1 aromatic rings. The fourth-order valence-electron chi connectivity index (χ4n) is 3.25. The smallest absolute Gasteiger partial charge is 0.314 e. The summed E-state index contributed by atoms with van der Waals surface area (Å²) in [5.74, 6) is 0.148. The Labute approximate surface area is 142 Å². The minimum Gasteiger partial charge on any atom is -0.385 e. The Kier molecular flexibility index (Phi) is 6.69. The number of amides is 2. The molecule has 128 valence electrons. The molecule has 2 rings (SSSR count). The fourth-order valence-corrected chi connectivity index (χ4v) is 3.44. The lowest BCUT2D eigenvalue weighted by Crippen LogP contribution is -2.45. The molecule has 1 saturated heterocycles. The molecule has 6 heteroatoms. The highest BCUT2D eigenvalue weighted by molar-refractivity contribution is 6.30. The van der Waals surface area contributed by atoms with E-state index >= 15 is 0 Å². The van der Waals surface area contributed by atoms with Crippen molar-refractivity contribution in [2.45, 2.75) is 31.3 Å². The van der Waals surface area contributed by atoms with E-state index in [9.17, 15) is 9.90 Å². The van der Waals surface area contributed by atoms with Crippen LogP contribution in [0.3, 0.4) is 0 Å². The van der Waals surface area contributed by atoms with Gasteiger partial charge in [0.1, 0.15) is 0 Å². The highest BCUT2D eigenvalue weighted by Gasteiger charge is 2.38. The number of carbonyl (C=O) groups is 1. The number of urea groups is 1. The van der Waals surface area contributed by atoms with Gasteiger partial charge in [0, 0.05) is 31.1 Å². The summed E-state index contributed by atoms with van der Waals surface area (Å²) in [7, 11) is 1.59. The van der Waals surface area contributed by atoms with Gasteiger partial charge >= 0.3 is 6.03 Å². The summed E-state index contributed by atoms with van der Waals surface area (Å²) in [5, 5.41) is 20.7. The first-order valence-electron chi connectivity index (χ1n) is 8.21. The minimum atomic E-state index is -0.928. The van der Waals surface area contributed by atoms with Crippen molar-refractivity contribution in [3.8, 4) is 0 Å². The number of halogens is 1. The third-order valence-electron chi connectivity index (χ3n) is 4.54. The molecule has 5 nitrogen and oxygen atoms in total. The molecule has 1 aliphatic rings. The maximum atomic E-state index is 11.4. The Hall–Kier alpha value is -1.30. The number of aliphatic hydroxyl groups is 1. The summed E-state index contributed by atoms with van der Waals surface area (Å²) in [6, 6.07) is 7.28. The highest BCUT2D eigenvalue weighted by Crippen LogP contribution is 2.38. The molecule has 0 spiro atoms. The molecular weight excluding hydrogens is 314 g/mol. The second kappa shape index (κ2) is 8.52. The van der Waals surface area contributed by atoms with Crippen molar-refractivity contribution in [2.75, 3.05) is 26.7 Å². The summed E-state index contributed by atoms with van der Waals surface area (Å²) >= 11 is 6.12. The van der Waals surface area contributed by atoms with E-state index in [1.165, 1.54) is 0 Å². The Morgan fingerprint density at radius 3 is 3.00 bits per heavy atom. The normalized spacial score (nSPS) is 20.6. The van der Waals surface area contributed by atoms with E-state index in [0.717, 1.165) is 31.5 Å². The summed E-state index contributed by atoms with van der Waals surface area (Å²) in [6.45, 7) is 2.33. The zero-order chi connectivity index (χ0) is 16.7. The lowest BCUT2D eigenvalue weighted by molar-refractivity contribution is -0.0419. The zero-order valence-corrected chi connectivity index (χ0v) is 14.3. The van der Waals surface area contributed by atoms with Crippen LogP contribution < -0.4 is 16.0 Å². The lowest BCUT2D eigenvalue weighted by atomic mass is 9.74. The van der Waals surface area contributed by atoms with Crippen molar-refractivity contribution in [2.24, 2.45) is 5.92 Å². The van der Waals surface area contributed by atoms with E-state index in [1.54, 1.807) is 7.05 Å². The molecule has 0 aliphatic carbocycles. The third kappa shape index (κ3) is 4.83. The quantitative estimate of drug-likeness (QED) is 0.601. The van der Waals surface area contributed by atoms with Gasteiger partial charge in [-0.05, 0) is 49.9 Å². The average molecular weight is 340 g/mol. The van der Waals surface area contributed by atoms with Crippen molar-refractivity contribution in [3.63, 3.8) is 0 Å². The van der Waals surface area contributed by atoms with E-state index in [2.05, 4.69) is 16.0 Å². The van der Waals surface area contributed by atoms with Crippen molar-refractivity contribution in [1.82, 2.24) is 16.0 Å². The Morgan fingerprint density at radius 2 is 2.35 bits per heavy atom. The van der Waals surface area contributed by atoms with Crippen LogP contribution in [0.15, 0.2) is 24.3 Å². The molecule has 4 N–H and O–H groups in total. The van der Waals surface area contributed by atoms with Gasteiger partial charge < -0.3 is 21.1 Å². The Bertz CT molecular complexity index is 520. The van der Waals surface area contributed by atoms with E-state index in [0.29, 0.717) is 24.4 Å². The molecule has 2 atom stereocenters. The van der Waals surface area contributed by atoms with Crippen molar-refractivity contribution >= 4 is 17.6 Å². The third-order valence-corrected chi connectivity index (χ3v) is 4.78.